The normalized spacial score (nSPS) is 11.2. The van der Waals surface area contributed by atoms with Gasteiger partial charge in [0.05, 0.1) is 10.6 Å². The molecule has 32 heavy (non-hydrogen) atoms. The minimum Gasteiger partial charge on any atom is -0.298 e. The minimum absolute atomic E-state index is 0.0939. The summed E-state index contributed by atoms with van der Waals surface area (Å²) in [6.45, 7) is 0. The third-order valence-corrected chi connectivity index (χ3v) is 7.51. The van der Waals surface area contributed by atoms with E-state index in [0.29, 0.717) is 21.4 Å². The van der Waals surface area contributed by atoms with Gasteiger partial charge in [0.1, 0.15) is 0 Å². The second-order valence-corrected chi connectivity index (χ2v) is 10.9. The van der Waals surface area contributed by atoms with Crippen molar-refractivity contribution in [3.8, 4) is 11.3 Å². The van der Waals surface area contributed by atoms with Crippen LogP contribution in [-0.4, -0.2) is 19.3 Å². The average molecular weight is 596 g/mol. The van der Waals surface area contributed by atoms with Crippen LogP contribution in [0.4, 0.5) is 10.8 Å². The third kappa shape index (κ3) is 5.47. The number of anilines is 2. The Kier molecular flexibility index (Phi) is 6.79. The first-order valence-electron chi connectivity index (χ1n) is 9.21. The Morgan fingerprint density at radius 2 is 1.59 bits per heavy atom. The van der Waals surface area contributed by atoms with Crippen LogP contribution >= 0.6 is 45.5 Å². The molecule has 0 aliphatic carbocycles. The fourth-order valence-corrected chi connectivity index (χ4v) is 5.03. The summed E-state index contributed by atoms with van der Waals surface area (Å²) in [6, 6.07) is 20.0. The monoisotopic (exact) mass is 595 g/mol. The number of nitrogens with one attached hydrogen (secondary N) is 2. The van der Waals surface area contributed by atoms with Crippen molar-refractivity contribution < 1.29 is 13.2 Å². The van der Waals surface area contributed by atoms with Gasteiger partial charge in [-0.2, -0.15) is 0 Å². The van der Waals surface area contributed by atoms with Crippen LogP contribution in [0.3, 0.4) is 0 Å². The number of sulfonamides is 1. The predicted molar refractivity (Wildman–Crippen MR) is 137 cm³/mol. The first-order chi connectivity index (χ1) is 15.3. The standard InChI is InChI=1S/C22H15ClIN3O3S2/c23-16-5-11-19(12-6-16)32(29,30)27-18-9-3-15(4-10-18)21(28)26-22-25-20(13-31-22)14-1-7-17(24)8-2-14/h1-13,27H,(H,25,26,28). The number of aromatic nitrogens is 1. The van der Waals surface area contributed by atoms with Gasteiger partial charge in [-0.05, 0) is 83.3 Å². The summed E-state index contributed by atoms with van der Waals surface area (Å²) >= 11 is 9.38. The smallest absolute Gasteiger partial charge is 0.261 e. The molecule has 0 aliphatic rings. The molecule has 4 aromatic rings. The van der Waals surface area contributed by atoms with Gasteiger partial charge in [-0.15, -0.1) is 11.3 Å². The number of carbonyl (C=O) groups excluding carboxylic acids is 1. The summed E-state index contributed by atoms with van der Waals surface area (Å²) in [5.41, 5.74) is 2.48. The maximum atomic E-state index is 12.6. The number of rotatable bonds is 6. The van der Waals surface area contributed by atoms with E-state index < -0.39 is 10.0 Å². The summed E-state index contributed by atoms with van der Waals surface area (Å²) in [7, 11) is -3.76. The molecule has 1 heterocycles. The molecule has 0 unspecified atom stereocenters. The molecule has 0 radical (unpaired) electrons. The van der Waals surface area contributed by atoms with Crippen molar-refractivity contribution in [3.05, 3.63) is 92.3 Å². The van der Waals surface area contributed by atoms with Crippen LogP contribution in [0, 0.1) is 3.57 Å². The Labute approximate surface area is 207 Å². The van der Waals surface area contributed by atoms with Crippen LogP contribution < -0.4 is 10.0 Å². The van der Waals surface area contributed by atoms with Gasteiger partial charge in [-0.3, -0.25) is 14.8 Å². The van der Waals surface area contributed by atoms with E-state index in [2.05, 4.69) is 37.6 Å². The molecule has 1 amide bonds. The van der Waals surface area contributed by atoms with Crippen LogP contribution in [0.5, 0.6) is 0 Å². The Morgan fingerprint density at radius 3 is 2.25 bits per heavy atom. The van der Waals surface area contributed by atoms with Gasteiger partial charge in [0.15, 0.2) is 5.13 Å². The molecule has 0 aliphatic heterocycles. The summed E-state index contributed by atoms with van der Waals surface area (Å²) < 4.78 is 28.6. The van der Waals surface area contributed by atoms with Crippen molar-refractivity contribution in [1.29, 1.82) is 0 Å². The van der Waals surface area contributed by atoms with E-state index in [1.165, 1.54) is 47.7 Å². The van der Waals surface area contributed by atoms with Gasteiger partial charge in [-0.1, -0.05) is 23.7 Å². The van der Waals surface area contributed by atoms with E-state index in [1.54, 1.807) is 12.1 Å². The number of hydrogen-bond acceptors (Lipinski definition) is 5. The van der Waals surface area contributed by atoms with Crippen molar-refractivity contribution in [2.45, 2.75) is 4.90 Å². The lowest BCUT2D eigenvalue weighted by Gasteiger charge is -2.09. The maximum absolute atomic E-state index is 12.6. The van der Waals surface area contributed by atoms with Crippen LogP contribution in [0.25, 0.3) is 11.3 Å². The molecule has 0 fully saturated rings. The molecule has 6 nitrogen and oxygen atoms in total. The second-order valence-electron chi connectivity index (χ2n) is 6.64. The lowest BCUT2D eigenvalue weighted by atomic mass is 10.2. The first kappa shape index (κ1) is 22.7. The number of thiazole rings is 1. The van der Waals surface area contributed by atoms with E-state index in [0.717, 1.165) is 14.8 Å². The van der Waals surface area contributed by atoms with Gasteiger partial charge in [-0.25, -0.2) is 13.4 Å². The van der Waals surface area contributed by atoms with Crippen molar-refractivity contribution >= 4 is 72.3 Å². The number of nitrogens with zero attached hydrogens (tertiary/aromatic N) is 1. The molecule has 4 rings (SSSR count). The number of halogens is 2. The highest BCUT2D eigenvalue weighted by molar-refractivity contribution is 14.1. The van der Waals surface area contributed by atoms with Crippen molar-refractivity contribution in [2.75, 3.05) is 10.0 Å². The quantitative estimate of drug-likeness (QED) is 0.263. The zero-order valence-corrected chi connectivity index (χ0v) is 20.8. The van der Waals surface area contributed by atoms with Crippen molar-refractivity contribution in [2.24, 2.45) is 0 Å². The molecule has 0 atom stereocenters. The lowest BCUT2D eigenvalue weighted by Crippen LogP contribution is -2.14. The summed E-state index contributed by atoms with van der Waals surface area (Å²) in [5.74, 6) is -0.333. The van der Waals surface area contributed by atoms with Gasteiger partial charge in [0.25, 0.3) is 15.9 Å². The Morgan fingerprint density at radius 1 is 0.938 bits per heavy atom. The molecule has 2 N–H and O–H groups in total. The molecule has 10 heteroatoms. The Bertz CT molecular complexity index is 1360. The molecule has 0 bridgehead atoms. The number of amides is 1. The molecule has 0 saturated heterocycles. The zero-order valence-electron chi connectivity index (χ0n) is 16.2. The van der Waals surface area contributed by atoms with E-state index >= 15 is 0 Å². The summed E-state index contributed by atoms with van der Waals surface area (Å²) in [4.78, 5) is 17.1. The van der Waals surface area contributed by atoms with Gasteiger partial charge < -0.3 is 0 Å². The van der Waals surface area contributed by atoms with Crippen LogP contribution in [0.15, 0.2) is 83.1 Å². The topological polar surface area (TPSA) is 88.2 Å². The van der Waals surface area contributed by atoms with E-state index in [1.807, 2.05) is 29.6 Å². The number of benzene rings is 3. The van der Waals surface area contributed by atoms with E-state index in [-0.39, 0.29) is 10.8 Å². The molecule has 1 aromatic heterocycles. The maximum Gasteiger partial charge on any atom is 0.261 e. The fraction of sp³-hybridized carbons (Fsp3) is 0. The van der Waals surface area contributed by atoms with E-state index in [9.17, 15) is 13.2 Å². The molecule has 3 aromatic carbocycles. The molecular weight excluding hydrogens is 581 g/mol. The molecule has 0 saturated carbocycles. The van der Waals surface area contributed by atoms with Crippen LogP contribution in [-0.2, 0) is 10.0 Å². The predicted octanol–water partition coefficient (Wildman–Crippen LogP) is 6.12. The van der Waals surface area contributed by atoms with Crippen molar-refractivity contribution in [1.82, 2.24) is 4.98 Å². The minimum atomic E-state index is -3.76. The highest BCUT2D eigenvalue weighted by Gasteiger charge is 2.15. The highest BCUT2D eigenvalue weighted by Crippen LogP contribution is 2.26. The van der Waals surface area contributed by atoms with Crippen LogP contribution in [0.1, 0.15) is 10.4 Å². The Hall–Kier alpha value is -2.47. The fourth-order valence-electron chi connectivity index (χ4n) is 2.77. The van der Waals surface area contributed by atoms with Gasteiger partial charge in [0, 0.05) is 30.8 Å². The van der Waals surface area contributed by atoms with Crippen LogP contribution in [0.2, 0.25) is 5.02 Å². The second kappa shape index (κ2) is 9.57. The third-order valence-electron chi connectivity index (χ3n) is 4.39. The molecule has 0 spiro atoms. The molecular formula is C22H15ClIN3O3S2. The van der Waals surface area contributed by atoms with Gasteiger partial charge in [0.2, 0.25) is 0 Å². The summed E-state index contributed by atoms with van der Waals surface area (Å²) in [5, 5.41) is 5.59. The average Bonchev–Trinajstić information content (AvgIpc) is 3.23. The first-order valence-corrected chi connectivity index (χ1v) is 13.0. The number of carbonyl (C=O) groups is 1. The van der Waals surface area contributed by atoms with Gasteiger partial charge >= 0.3 is 0 Å². The largest absolute Gasteiger partial charge is 0.298 e. The highest BCUT2D eigenvalue weighted by atomic mass is 127. The number of hydrogen-bond donors (Lipinski definition) is 2. The van der Waals surface area contributed by atoms with Crippen molar-refractivity contribution in [3.63, 3.8) is 0 Å². The van der Waals surface area contributed by atoms with E-state index in [4.69, 9.17) is 11.6 Å². The SMILES string of the molecule is O=C(Nc1nc(-c2ccc(I)cc2)cs1)c1ccc(NS(=O)(=O)c2ccc(Cl)cc2)cc1. The molecule has 162 valence electrons. The Balaban J connectivity index is 1.42. The zero-order chi connectivity index (χ0) is 22.7. The summed E-state index contributed by atoms with van der Waals surface area (Å²) in [6.07, 6.45) is 0. The lowest BCUT2D eigenvalue weighted by molar-refractivity contribution is 0.102.